The van der Waals surface area contributed by atoms with Crippen molar-refractivity contribution >= 4 is 21.9 Å². The first-order chi connectivity index (χ1) is 10.8. The number of imide groups is 1. The van der Waals surface area contributed by atoms with Crippen LogP contribution in [0.2, 0.25) is 0 Å². The summed E-state index contributed by atoms with van der Waals surface area (Å²) >= 11 is 0. The van der Waals surface area contributed by atoms with Crippen molar-refractivity contribution in [1.82, 2.24) is 5.06 Å². The van der Waals surface area contributed by atoms with E-state index in [4.69, 9.17) is 4.28 Å². The molecule has 1 aliphatic heterocycles. The van der Waals surface area contributed by atoms with E-state index < -0.39 is 21.9 Å². The second-order valence-electron chi connectivity index (χ2n) is 5.24. The lowest BCUT2D eigenvalue weighted by Gasteiger charge is -2.13. The van der Waals surface area contributed by atoms with Crippen LogP contribution in [0.5, 0.6) is 0 Å². The summed E-state index contributed by atoms with van der Waals surface area (Å²) < 4.78 is 29.3. The molecule has 6 nitrogen and oxygen atoms in total. The van der Waals surface area contributed by atoms with Gasteiger partial charge in [0.25, 0.3) is 11.8 Å². The van der Waals surface area contributed by atoms with Crippen molar-refractivity contribution in [2.75, 3.05) is 0 Å². The van der Waals surface area contributed by atoms with Crippen molar-refractivity contribution in [3.63, 3.8) is 0 Å². The number of rotatable bonds is 3. The first kappa shape index (κ1) is 15.4. The number of aryl methyl sites for hydroxylation is 2. The van der Waals surface area contributed by atoms with Crippen LogP contribution in [0.15, 0.2) is 47.4 Å². The molecule has 0 aromatic heterocycles. The Morgan fingerprint density at radius 2 is 1.57 bits per heavy atom. The molecule has 1 aliphatic rings. The highest BCUT2D eigenvalue weighted by Crippen LogP contribution is 2.28. The van der Waals surface area contributed by atoms with Gasteiger partial charge in [-0.1, -0.05) is 29.8 Å². The maximum atomic E-state index is 12.3. The minimum atomic E-state index is -4.27. The van der Waals surface area contributed by atoms with Gasteiger partial charge in [0.05, 0.1) is 16.0 Å². The predicted molar refractivity (Wildman–Crippen MR) is 81.1 cm³/mol. The van der Waals surface area contributed by atoms with Gasteiger partial charge < -0.3 is 0 Å². The van der Waals surface area contributed by atoms with Crippen LogP contribution in [0.3, 0.4) is 0 Å². The molecule has 0 aliphatic carbocycles. The number of hydroxylamine groups is 2. The Morgan fingerprint density at radius 1 is 0.913 bits per heavy atom. The zero-order valence-corrected chi connectivity index (χ0v) is 13.3. The SMILES string of the molecule is Cc1ccc(S(=O)(=O)ON2C(=O)c3cccc(C)c3C2=O)cc1. The monoisotopic (exact) mass is 331 g/mol. The van der Waals surface area contributed by atoms with Crippen LogP contribution >= 0.6 is 0 Å². The summed E-state index contributed by atoms with van der Waals surface area (Å²) in [7, 11) is -4.27. The first-order valence-electron chi connectivity index (χ1n) is 6.81. The molecule has 0 fully saturated rings. The van der Waals surface area contributed by atoms with E-state index in [1.165, 1.54) is 18.2 Å². The number of nitrogens with zero attached hydrogens (tertiary/aromatic N) is 1. The molecule has 2 amide bonds. The van der Waals surface area contributed by atoms with E-state index >= 15 is 0 Å². The van der Waals surface area contributed by atoms with Gasteiger partial charge in [-0.2, -0.15) is 8.42 Å². The van der Waals surface area contributed by atoms with E-state index in [0.29, 0.717) is 10.6 Å². The van der Waals surface area contributed by atoms with Gasteiger partial charge in [-0.25, -0.2) is 0 Å². The Hall–Kier alpha value is -2.51. The molecular weight excluding hydrogens is 318 g/mol. The summed E-state index contributed by atoms with van der Waals surface area (Å²) in [5.74, 6) is -1.57. The molecule has 118 valence electrons. The number of hydrogen-bond donors (Lipinski definition) is 0. The lowest BCUT2D eigenvalue weighted by atomic mass is 10.0. The molecule has 3 rings (SSSR count). The molecule has 0 spiro atoms. The van der Waals surface area contributed by atoms with Crippen LogP contribution in [0.25, 0.3) is 0 Å². The smallest absolute Gasteiger partial charge is 0.266 e. The summed E-state index contributed by atoms with van der Waals surface area (Å²) in [6.07, 6.45) is 0. The zero-order valence-electron chi connectivity index (χ0n) is 12.4. The number of hydrogen-bond acceptors (Lipinski definition) is 5. The normalized spacial score (nSPS) is 14.3. The van der Waals surface area contributed by atoms with Gasteiger partial charge in [0, 0.05) is 0 Å². The van der Waals surface area contributed by atoms with Crippen molar-refractivity contribution in [1.29, 1.82) is 0 Å². The highest BCUT2D eigenvalue weighted by atomic mass is 32.2. The molecular formula is C16H13NO5S. The molecule has 0 bridgehead atoms. The van der Waals surface area contributed by atoms with Crippen LogP contribution in [-0.4, -0.2) is 25.3 Å². The molecule has 1 heterocycles. The number of carbonyl (C=O) groups is 2. The third-order valence-corrected chi connectivity index (χ3v) is 4.76. The topological polar surface area (TPSA) is 80.8 Å². The second kappa shape index (κ2) is 5.29. The third-order valence-electron chi connectivity index (χ3n) is 3.57. The van der Waals surface area contributed by atoms with Crippen LogP contribution in [0.4, 0.5) is 0 Å². The van der Waals surface area contributed by atoms with E-state index in [1.54, 1.807) is 31.2 Å². The Kier molecular flexibility index (Phi) is 3.54. The second-order valence-corrected chi connectivity index (χ2v) is 6.77. The third kappa shape index (κ3) is 2.54. The Bertz CT molecular complexity index is 916. The highest BCUT2D eigenvalue weighted by molar-refractivity contribution is 7.86. The molecule has 0 N–H and O–H groups in total. The van der Waals surface area contributed by atoms with Crippen molar-refractivity contribution < 1.29 is 22.3 Å². The minimum absolute atomic E-state index is 0.128. The molecule has 23 heavy (non-hydrogen) atoms. The first-order valence-corrected chi connectivity index (χ1v) is 8.22. The number of carbonyl (C=O) groups excluding carboxylic acids is 2. The Labute approximate surface area is 133 Å². The summed E-state index contributed by atoms with van der Waals surface area (Å²) in [5.41, 5.74) is 1.76. The van der Waals surface area contributed by atoms with Crippen LogP contribution in [-0.2, 0) is 14.4 Å². The molecule has 0 saturated heterocycles. The molecule has 0 unspecified atom stereocenters. The van der Waals surface area contributed by atoms with Crippen LogP contribution in [0, 0.1) is 13.8 Å². The maximum absolute atomic E-state index is 12.3. The summed E-state index contributed by atoms with van der Waals surface area (Å²) in [6, 6.07) is 10.7. The molecule has 0 saturated carbocycles. The van der Waals surface area contributed by atoms with Gasteiger partial charge in [0.1, 0.15) is 0 Å². The minimum Gasteiger partial charge on any atom is -0.266 e. The van der Waals surface area contributed by atoms with Crippen molar-refractivity contribution in [3.8, 4) is 0 Å². The Balaban J connectivity index is 1.96. The molecule has 2 aromatic carbocycles. The van der Waals surface area contributed by atoms with Gasteiger partial charge in [0.2, 0.25) is 0 Å². The highest BCUT2D eigenvalue weighted by Gasteiger charge is 2.41. The van der Waals surface area contributed by atoms with Gasteiger partial charge in [-0.3, -0.25) is 9.59 Å². The van der Waals surface area contributed by atoms with E-state index in [2.05, 4.69) is 0 Å². The summed E-state index contributed by atoms with van der Waals surface area (Å²) in [6.45, 7) is 3.48. The van der Waals surface area contributed by atoms with E-state index in [1.807, 2.05) is 6.92 Å². The predicted octanol–water partition coefficient (Wildman–Crippen LogP) is 2.22. The van der Waals surface area contributed by atoms with Crippen molar-refractivity contribution in [3.05, 3.63) is 64.7 Å². The number of amides is 2. The molecule has 0 radical (unpaired) electrons. The van der Waals surface area contributed by atoms with Crippen LogP contribution < -0.4 is 0 Å². The van der Waals surface area contributed by atoms with Gasteiger partial charge in [-0.15, -0.1) is 9.35 Å². The molecule has 0 atom stereocenters. The van der Waals surface area contributed by atoms with E-state index in [9.17, 15) is 18.0 Å². The quantitative estimate of drug-likeness (QED) is 0.806. The van der Waals surface area contributed by atoms with Gasteiger partial charge in [-0.05, 0) is 37.6 Å². The average molecular weight is 331 g/mol. The molecule has 7 heteroatoms. The largest absolute Gasteiger partial charge is 0.318 e. The lowest BCUT2D eigenvalue weighted by Crippen LogP contribution is -2.32. The average Bonchev–Trinajstić information content (AvgIpc) is 2.73. The standard InChI is InChI=1S/C16H13NO5S/c1-10-6-8-12(9-7-10)23(20,21)22-17-15(18)13-5-3-4-11(2)14(13)16(17)19/h3-9H,1-2H3. The van der Waals surface area contributed by atoms with Crippen molar-refractivity contribution in [2.24, 2.45) is 0 Å². The Morgan fingerprint density at radius 3 is 2.17 bits per heavy atom. The fraction of sp³-hybridized carbons (Fsp3) is 0.125. The zero-order chi connectivity index (χ0) is 16.8. The molecule has 2 aromatic rings. The van der Waals surface area contributed by atoms with Gasteiger partial charge >= 0.3 is 10.1 Å². The summed E-state index contributed by atoms with van der Waals surface area (Å²) in [5, 5.41) is 0.298. The van der Waals surface area contributed by atoms with Gasteiger partial charge in [0.15, 0.2) is 0 Å². The van der Waals surface area contributed by atoms with E-state index in [-0.39, 0.29) is 16.0 Å². The fourth-order valence-electron chi connectivity index (χ4n) is 2.35. The van der Waals surface area contributed by atoms with E-state index in [0.717, 1.165) is 5.56 Å². The maximum Gasteiger partial charge on any atom is 0.318 e. The number of fused-ring (bicyclic) bond motifs is 1. The van der Waals surface area contributed by atoms with Crippen molar-refractivity contribution in [2.45, 2.75) is 18.7 Å². The lowest BCUT2D eigenvalue weighted by molar-refractivity contribution is -0.0104. The number of benzene rings is 2. The fourth-order valence-corrected chi connectivity index (χ4v) is 3.23. The van der Waals surface area contributed by atoms with Crippen LogP contribution in [0.1, 0.15) is 31.8 Å². The summed E-state index contributed by atoms with van der Waals surface area (Å²) in [4.78, 5) is 24.4.